The summed E-state index contributed by atoms with van der Waals surface area (Å²) < 4.78 is 30.7. The normalized spacial score (nSPS) is 12.9. The van der Waals surface area contributed by atoms with Gasteiger partial charge in [-0.05, 0) is 43.4 Å². The van der Waals surface area contributed by atoms with Crippen molar-refractivity contribution in [3.8, 4) is 0 Å². The van der Waals surface area contributed by atoms with Gasteiger partial charge in [0.05, 0.1) is 38.6 Å². The van der Waals surface area contributed by atoms with Crippen molar-refractivity contribution in [3.05, 3.63) is 108 Å². The van der Waals surface area contributed by atoms with E-state index in [0.717, 1.165) is 36.0 Å². The molecular weight excluding hydrogens is 661 g/mol. The molecule has 0 heterocycles. The van der Waals surface area contributed by atoms with E-state index in [2.05, 4.69) is 79.7 Å². The van der Waals surface area contributed by atoms with E-state index in [1.54, 1.807) is 6.92 Å². The predicted octanol–water partition coefficient (Wildman–Crippen LogP) is 11.3. The number of hydrogen-bond donors (Lipinski definition) is 0. The van der Waals surface area contributed by atoms with Crippen LogP contribution < -0.4 is 0 Å². The molecule has 6 heteroatoms. The van der Waals surface area contributed by atoms with Crippen LogP contribution in [-0.4, -0.2) is 64.2 Å². The molecule has 2 atom stereocenters. The van der Waals surface area contributed by atoms with Crippen LogP contribution in [0.5, 0.6) is 0 Å². The fraction of sp³-hybridized carbons (Fsp3) is 0.596. The summed E-state index contributed by atoms with van der Waals surface area (Å²) in [4.78, 5) is 11.5. The van der Waals surface area contributed by atoms with Gasteiger partial charge in [0.2, 0.25) is 0 Å². The molecule has 0 aliphatic heterocycles. The monoisotopic (exact) mass is 731 g/mol. The summed E-state index contributed by atoms with van der Waals surface area (Å²) in [6.07, 6.45) is 19.0. The summed E-state index contributed by atoms with van der Waals surface area (Å²) in [7, 11) is 0. The smallest absolute Gasteiger partial charge is 0.155 e. The zero-order valence-corrected chi connectivity index (χ0v) is 33.3. The number of Topliss-reactive ketones (excluding diaryl/α,β-unsaturated/α-hetero) is 1. The largest absolute Gasteiger partial charge is 0.379 e. The molecule has 0 aliphatic rings. The Balaban J connectivity index is 1.31. The highest BCUT2D eigenvalue weighted by Crippen LogP contribution is 2.40. The van der Waals surface area contributed by atoms with Crippen LogP contribution in [0.4, 0.5) is 0 Å². The standard InChI is InChI=1S/C47H70O6/c1-4-5-6-7-8-9-10-11-12-13-14-15-25-33-46(42(3)52-40-41(2)48)51-35-26-34-49-36-37-50-38-39-53-47(43-27-19-16-20-28-43,44-29-21-17-22-30-44)45-31-23-18-24-32-45/h16-24,27-32,42,46H,4-15,25-26,33-40H2,1-3H3. The quantitative estimate of drug-likeness (QED) is 0.0459. The average molecular weight is 731 g/mol. The first-order chi connectivity index (χ1) is 26.1. The van der Waals surface area contributed by atoms with Gasteiger partial charge in [-0.3, -0.25) is 4.79 Å². The molecule has 294 valence electrons. The van der Waals surface area contributed by atoms with Crippen LogP contribution in [0, 0.1) is 0 Å². The third kappa shape index (κ3) is 17.9. The third-order valence-corrected chi connectivity index (χ3v) is 9.89. The second kappa shape index (κ2) is 28.6. The molecule has 3 rings (SSSR count). The van der Waals surface area contributed by atoms with E-state index < -0.39 is 5.60 Å². The summed E-state index contributed by atoms with van der Waals surface area (Å²) in [6.45, 7) is 9.11. The summed E-state index contributed by atoms with van der Waals surface area (Å²) >= 11 is 0. The SMILES string of the molecule is CCCCCCCCCCCCCCCC(OCCCOCCOCCOC(c1ccccc1)(c1ccccc1)c1ccccc1)C(C)OCC(C)=O. The fourth-order valence-corrected chi connectivity index (χ4v) is 6.91. The Kier molecular flexibility index (Phi) is 24.0. The number of ketones is 1. The zero-order valence-electron chi connectivity index (χ0n) is 33.3. The van der Waals surface area contributed by atoms with Gasteiger partial charge in [0, 0.05) is 13.2 Å². The zero-order chi connectivity index (χ0) is 37.7. The van der Waals surface area contributed by atoms with Crippen molar-refractivity contribution in [2.75, 3.05) is 46.2 Å². The minimum Gasteiger partial charge on any atom is -0.379 e. The first-order valence-electron chi connectivity index (χ1n) is 20.8. The maximum absolute atomic E-state index is 11.5. The van der Waals surface area contributed by atoms with Gasteiger partial charge >= 0.3 is 0 Å². The number of benzene rings is 3. The van der Waals surface area contributed by atoms with Gasteiger partial charge in [-0.1, -0.05) is 181 Å². The number of ether oxygens (including phenoxy) is 5. The lowest BCUT2D eigenvalue weighted by molar-refractivity contribution is -0.128. The third-order valence-electron chi connectivity index (χ3n) is 9.89. The van der Waals surface area contributed by atoms with Crippen molar-refractivity contribution in [1.82, 2.24) is 0 Å². The lowest BCUT2D eigenvalue weighted by Crippen LogP contribution is -2.34. The molecule has 0 aromatic heterocycles. The second-order valence-corrected chi connectivity index (χ2v) is 14.4. The Morgan fingerprint density at radius 2 is 0.962 bits per heavy atom. The second-order valence-electron chi connectivity index (χ2n) is 14.4. The lowest BCUT2D eigenvalue weighted by Gasteiger charge is -2.36. The van der Waals surface area contributed by atoms with Gasteiger partial charge in [0.15, 0.2) is 5.78 Å². The van der Waals surface area contributed by atoms with E-state index in [0.29, 0.717) is 39.6 Å². The molecule has 3 aromatic rings. The van der Waals surface area contributed by atoms with E-state index in [-0.39, 0.29) is 24.6 Å². The molecular formula is C47H70O6. The Hall–Kier alpha value is -2.87. The molecule has 53 heavy (non-hydrogen) atoms. The van der Waals surface area contributed by atoms with Crippen LogP contribution in [0.25, 0.3) is 0 Å². The van der Waals surface area contributed by atoms with Crippen molar-refractivity contribution in [1.29, 1.82) is 0 Å². The number of carbonyl (C=O) groups excluding carboxylic acids is 1. The molecule has 2 unspecified atom stereocenters. The summed E-state index contributed by atoms with van der Waals surface area (Å²) in [5.74, 6) is 0.0432. The molecule has 0 fully saturated rings. The van der Waals surface area contributed by atoms with E-state index in [1.807, 2.05) is 25.1 Å². The van der Waals surface area contributed by atoms with Crippen molar-refractivity contribution in [2.45, 2.75) is 135 Å². The van der Waals surface area contributed by atoms with Gasteiger partial charge < -0.3 is 23.7 Å². The molecule has 0 spiro atoms. The van der Waals surface area contributed by atoms with Crippen LogP contribution in [0.15, 0.2) is 91.0 Å². The molecule has 0 N–H and O–H groups in total. The number of rotatable bonds is 33. The Morgan fingerprint density at radius 1 is 0.528 bits per heavy atom. The summed E-state index contributed by atoms with van der Waals surface area (Å²) in [6, 6.07) is 31.2. The highest BCUT2D eigenvalue weighted by Gasteiger charge is 2.37. The summed E-state index contributed by atoms with van der Waals surface area (Å²) in [5.41, 5.74) is 2.49. The minimum absolute atomic E-state index is 0.0137. The van der Waals surface area contributed by atoms with Crippen molar-refractivity contribution < 1.29 is 28.5 Å². The molecule has 0 saturated carbocycles. The van der Waals surface area contributed by atoms with Gasteiger partial charge in [0.1, 0.15) is 12.2 Å². The average Bonchev–Trinajstić information content (AvgIpc) is 3.19. The molecule has 0 radical (unpaired) electrons. The molecule has 0 amide bonds. The lowest BCUT2D eigenvalue weighted by atomic mass is 9.80. The first kappa shape index (κ1) is 44.5. The van der Waals surface area contributed by atoms with Gasteiger partial charge in [-0.2, -0.15) is 0 Å². The Labute approximate surface area is 322 Å². The maximum atomic E-state index is 11.5. The van der Waals surface area contributed by atoms with Crippen LogP contribution in [0.2, 0.25) is 0 Å². The van der Waals surface area contributed by atoms with E-state index in [9.17, 15) is 4.79 Å². The minimum atomic E-state index is -0.747. The van der Waals surface area contributed by atoms with Crippen molar-refractivity contribution in [3.63, 3.8) is 0 Å². The molecule has 3 aromatic carbocycles. The topological polar surface area (TPSA) is 63.2 Å². The van der Waals surface area contributed by atoms with Gasteiger partial charge in [-0.15, -0.1) is 0 Å². The molecule has 6 nitrogen and oxygen atoms in total. The van der Waals surface area contributed by atoms with Gasteiger partial charge in [0.25, 0.3) is 0 Å². The maximum Gasteiger partial charge on any atom is 0.155 e. The van der Waals surface area contributed by atoms with Crippen molar-refractivity contribution in [2.24, 2.45) is 0 Å². The molecule has 0 saturated heterocycles. The Morgan fingerprint density at radius 3 is 1.43 bits per heavy atom. The van der Waals surface area contributed by atoms with Crippen LogP contribution >= 0.6 is 0 Å². The van der Waals surface area contributed by atoms with Gasteiger partial charge in [-0.25, -0.2) is 0 Å². The predicted molar refractivity (Wildman–Crippen MR) is 218 cm³/mol. The number of carbonyl (C=O) groups is 1. The highest BCUT2D eigenvalue weighted by molar-refractivity contribution is 5.76. The fourth-order valence-electron chi connectivity index (χ4n) is 6.91. The molecule has 0 bridgehead atoms. The number of unbranched alkanes of at least 4 members (excludes halogenated alkanes) is 12. The highest BCUT2D eigenvalue weighted by atomic mass is 16.6. The van der Waals surface area contributed by atoms with E-state index in [1.165, 1.54) is 77.0 Å². The van der Waals surface area contributed by atoms with Crippen LogP contribution in [0.1, 0.15) is 134 Å². The van der Waals surface area contributed by atoms with Crippen LogP contribution in [-0.2, 0) is 34.1 Å². The van der Waals surface area contributed by atoms with Crippen LogP contribution in [0.3, 0.4) is 0 Å². The van der Waals surface area contributed by atoms with E-state index in [4.69, 9.17) is 23.7 Å². The van der Waals surface area contributed by atoms with Crippen molar-refractivity contribution >= 4 is 5.78 Å². The summed E-state index contributed by atoms with van der Waals surface area (Å²) in [5, 5.41) is 0. The Bertz CT molecular complexity index is 1190. The number of hydrogen-bond acceptors (Lipinski definition) is 6. The molecule has 0 aliphatic carbocycles. The first-order valence-corrected chi connectivity index (χ1v) is 20.8. The van der Waals surface area contributed by atoms with E-state index >= 15 is 0 Å².